The molecule has 0 aromatic carbocycles. The Morgan fingerprint density at radius 1 is 1.44 bits per heavy atom. The van der Waals surface area contributed by atoms with Gasteiger partial charge < -0.3 is 4.74 Å². The van der Waals surface area contributed by atoms with Gasteiger partial charge >= 0.3 is 5.97 Å². The van der Waals surface area contributed by atoms with E-state index in [9.17, 15) is 4.79 Å². The topological polar surface area (TPSA) is 26.3 Å². The van der Waals surface area contributed by atoms with Gasteiger partial charge in [-0.2, -0.15) is 0 Å². The summed E-state index contributed by atoms with van der Waals surface area (Å²) < 4.78 is 5.25. The zero-order valence-corrected chi connectivity index (χ0v) is 12.2. The SMILES string of the molecule is CCOC(=O)C1=C(C)C2=C(CCCC2C)C1(C)C. The van der Waals surface area contributed by atoms with Crippen LogP contribution in [0.3, 0.4) is 0 Å². The van der Waals surface area contributed by atoms with Crippen LogP contribution in [0.4, 0.5) is 0 Å². The van der Waals surface area contributed by atoms with Crippen molar-refractivity contribution in [3.63, 3.8) is 0 Å². The smallest absolute Gasteiger partial charge is 0.335 e. The van der Waals surface area contributed by atoms with Crippen molar-refractivity contribution in [2.45, 2.75) is 53.9 Å². The third-order valence-corrected chi connectivity index (χ3v) is 4.52. The Kier molecular flexibility index (Phi) is 3.39. The molecule has 0 radical (unpaired) electrons. The van der Waals surface area contributed by atoms with Crippen molar-refractivity contribution in [3.05, 3.63) is 22.3 Å². The number of carbonyl (C=O) groups is 1. The van der Waals surface area contributed by atoms with E-state index in [1.807, 2.05) is 6.92 Å². The van der Waals surface area contributed by atoms with Crippen LogP contribution >= 0.6 is 0 Å². The molecular formula is C16H24O2. The molecule has 0 heterocycles. The summed E-state index contributed by atoms with van der Waals surface area (Å²) in [6.45, 7) is 11.0. The first-order chi connectivity index (χ1) is 8.41. The maximum absolute atomic E-state index is 12.2. The fourth-order valence-electron chi connectivity index (χ4n) is 3.77. The normalized spacial score (nSPS) is 26.4. The summed E-state index contributed by atoms with van der Waals surface area (Å²) in [6.07, 6.45) is 3.61. The Morgan fingerprint density at radius 2 is 2.11 bits per heavy atom. The highest BCUT2D eigenvalue weighted by Crippen LogP contribution is 2.53. The number of hydrogen-bond acceptors (Lipinski definition) is 2. The molecule has 0 spiro atoms. The van der Waals surface area contributed by atoms with Crippen molar-refractivity contribution >= 4 is 5.97 Å². The van der Waals surface area contributed by atoms with E-state index in [0.717, 1.165) is 12.0 Å². The monoisotopic (exact) mass is 248 g/mol. The van der Waals surface area contributed by atoms with Crippen LogP contribution in [-0.2, 0) is 9.53 Å². The molecular weight excluding hydrogens is 224 g/mol. The van der Waals surface area contributed by atoms with Crippen molar-refractivity contribution in [1.82, 2.24) is 0 Å². The van der Waals surface area contributed by atoms with Gasteiger partial charge in [-0.25, -0.2) is 4.79 Å². The van der Waals surface area contributed by atoms with Crippen LogP contribution in [0.1, 0.15) is 53.9 Å². The minimum absolute atomic E-state index is 0.124. The molecule has 0 bridgehead atoms. The molecule has 100 valence electrons. The summed E-state index contributed by atoms with van der Waals surface area (Å²) in [5.41, 5.74) is 4.85. The Bertz CT molecular complexity index is 438. The van der Waals surface area contributed by atoms with Gasteiger partial charge in [0.1, 0.15) is 0 Å². The van der Waals surface area contributed by atoms with Crippen molar-refractivity contribution in [2.24, 2.45) is 11.3 Å². The lowest BCUT2D eigenvalue weighted by molar-refractivity contribution is -0.139. The Morgan fingerprint density at radius 3 is 2.67 bits per heavy atom. The van der Waals surface area contributed by atoms with Gasteiger partial charge in [-0.05, 0) is 50.2 Å². The van der Waals surface area contributed by atoms with Crippen LogP contribution < -0.4 is 0 Å². The molecule has 0 aromatic rings. The highest BCUT2D eigenvalue weighted by Gasteiger charge is 2.44. The molecule has 0 N–H and O–H groups in total. The first-order valence-electron chi connectivity index (χ1n) is 7.03. The van der Waals surface area contributed by atoms with Crippen LogP contribution in [0.5, 0.6) is 0 Å². The predicted molar refractivity (Wildman–Crippen MR) is 73.2 cm³/mol. The minimum Gasteiger partial charge on any atom is -0.463 e. The van der Waals surface area contributed by atoms with Gasteiger partial charge in [0.15, 0.2) is 0 Å². The average Bonchev–Trinajstić information content (AvgIpc) is 2.48. The number of ether oxygens (including phenoxy) is 1. The maximum atomic E-state index is 12.2. The van der Waals surface area contributed by atoms with E-state index in [4.69, 9.17) is 4.74 Å². The van der Waals surface area contributed by atoms with Gasteiger partial charge in [-0.15, -0.1) is 0 Å². The third-order valence-electron chi connectivity index (χ3n) is 4.52. The van der Waals surface area contributed by atoms with Crippen molar-refractivity contribution in [3.8, 4) is 0 Å². The molecule has 0 aliphatic heterocycles. The largest absolute Gasteiger partial charge is 0.463 e. The lowest BCUT2D eigenvalue weighted by Crippen LogP contribution is -2.24. The summed E-state index contributed by atoms with van der Waals surface area (Å²) in [5.74, 6) is 0.460. The molecule has 2 aliphatic carbocycles. The molecule has 0 amide bonds. The molecule has 2 nitrogen and oxygen atoms in total. The van der Waals surface area contributed by atoms with Gasteiger partial charge in [0.25, 0.3) is 0 Å². The quantitative estimate of drug-likeness (QED) is 0.690. The van der Waals surface area contributed by atoms with Crippen LogP contribution in [0.2, 0.25) is 0 Å². The fourth-order valence-corrected chi connectivity index (χ4v) is 3.77. The molecule has 0 fully saturated rings. The molecule has 2 heteroatoms. The maximum Gasteiger partial charge on any atom is 0.335 e. The van der Waals surface area contributed by atoms with E-state index in [1.165, 1.54) is 29.6 Å². The number of rotatable bonds is 2. The highest BCUT2D eigenvalue weighted by molar-refractivity contribution is 5.94. The van der Waals surface area contributed by atoms with Crippen LogP contribution in [0.15, 0.2) is 22.3 Å². The Hall–Kier alpha value is -1.05. The van der Waals surface area contributed by atoms with E-state index in [0.29, 0.717) is 12.5 Å². The first-order valence-corrected chi connectivity index (χ1v) is 7.03. The van der Waals surface area contributed by atoms with Gasteiger partial charge in [-0.1, -0.05) is 26.3 Å². The standard InChI is InChI=1S/C16H24O2/c1-6-18-15(17)14-11(3)13-10(2)8-7-9-12(13)16(14,4)5/h10H,6-9H2,1-5H3. The summed E-state index contributed by atoms with van der Waals surface area (Å²) in [4.78, 5) is 12.2. The average molecular weight is 248 g/mol. The molecule has 0 saturated heterocycles. The molecule has 2 rings (SSSR count). The lowest BCUT2D eigenvalue weighted by Gasteiger charge is -2.30. The molecule has 0 saturated carbocycles. The number of hydrogen-bond donors (Lipinski definition) is 0. The van der Waals surface area contributed by atoms with Crippen LogP contribution in [-0.4, -0.2) is 12.6 Å². The van der Waals surface area contributed by atoms with Gasteiger partial charge in [0.2, 0.25) is 0 Å². The molecule has 1 atom stereocenters. The highest BCUT2D eigenvalue weighted by atomic mass is 16.5. The number of allylic oxidation sites excluding steroid dienone is 3. The fraction of sp³-hybridized carbons (Fsp3) is 0.688. The summed E-state index contributed by atoms with van der Waals surface area (Å²) in [6, 6.07) is 0. The lowest BCUT2D eigenvalue weighted by atomic mass is 9.74. The van der Waals surface area contributed by atoms with Crippen LogP contribution in [0, 0.1) is 11.3 Å². The Labute approximate surface area is 110 Å². The van der Waals surface area contributed by atoms with Crippen molar-refractivity contribution < 1.29 is 9.53 Å². The second kappa shape index (κ2) is 4.56. The van der Waals surface area contributed by atoms with Gasteiger partial charge in [0.05, 0.1) is 12.2 Å². The molecule has 1 unspecified atom stereocenters. The Balaban J connectivity index is 2.47. The van der Waals surface area contributed by atoms with E-state index >= 15 is 0 Å². The van der Waals surface area contributed by atoms with Crippen LogP contribution in [0.25, 0.3) is 0 Å². The third kappa shape index (κ3) is 1.82. The minimum atomic E-state index is -0.139. The predicted octanol–water partition coefficient (Wildman–Crippen LogP) is 4.02. The summed E-state index contributed by atoms with van der Waals surface area (Å²) in [7, 11) is 0. The summed E-state index contributed by atoms with van der Waals surface area (Å²) in [5, 5.41) is 0. The molecule has 18 heavy (non-hydrogen) atoms. The van der Waals surface area contributed by atoms with Gasteiger partial charge in [0, 0.05) is 5.41 Å². The second-order valence-corrected chi connectivity index (χ2v) is 6.03. The zero-order valence-electron chi connectivity index (χ0n) is 12.2. The number of carbonyl (C=O) groups excluding carboxylic acids is 1. The van der Waals surface area contributed by atoms with E-state index in [-0.39, 0.29) is 11.4 Å². The van der Waals surface area contributed by atoms with E-state index in [1.54, 1.807) is 0 Å². The first kappa shape index (κ1) is 13.4. The summed E-state index contributed by atoms with van der Waals surface area (Å²) >= 11 is 0. The van der Waals surface area contributed by atoms with E-state index < -0.39 is 0 Å². The zero-order chi connectivity index (χ0) is 13.5. The van der Waals surface area contributed by atoms with Gasteiger partial charge in [-0.3, -0.25) is 0 Å². The van der Waals surface area contributed by atoms with Crippen molar-refractivity contribution in [2.75, 3.05) is 6.61 Å². The molecule has 0 aromatic heterocycles. The molecule has 2 aliphatic rings. The van der Waals surface area contributed by atoms with E-state index in [2.05, 4.69) is 27.7 Å². The second-order valence-electron chi connectivity index (χ2n) is 6.03. The van der Waals surface area contributed by atoms with Crippen molar-refractivity contribution in [1.29, 1.82) is 0 Å². The number of esters is 1.